The zero-order chi connectivity index (χ0) is 13.4. The summed E-state index contributed by atoms with van der Waals surface area (Å²) in [6.45, 7) is 8.75. The molecule has 89 valence electrons. The van der Waals surface area contributed by atoms with Crippen LogP contribution in [0.15, 0.2) is 53.7 Å². The molecular formula is C13H13BN3O. The molecule has 0 saturated carbocycles. The Bertz CT molecular complexity index is 531. The fourth-order valence-electron chi connectivity index (χ4n) is 1.28. The van der Waals surface area contributed by atoms with Crippen molar-refractivity contribution in [2.45, 2.75) is 6.92 Å². The molecular weight excluding hydrogens is 225 g/mol. The van der Waals surface area contributed by atoms with Crippen molar-refractivity contribution in [3.8, 4) is 0 Å². The fourth-order valence-corrected chi connectivity index (χ4v) is 1.28. The van der Waals surface area contributed by atoms with E-state index < -0.39 is 0 Å². The summed E-state index contributed by atoms with van der Waals surface area (Å²) in [5, 5.41) is 9.65. The van der Waals surface area contributed by atoms with Gasteiger partial charge in [0.25, 0.3) is 7.28 Å². The number of carbonyl (C=O) groups is 1. The van der Waals surface area contributed by atoms with E-state index in [2.05, 4.69) is 34.5 Å². The zero-order valence-electron chi connectivity index (χ0n) is 10.2. The molecule has 1 amide bonds. The minimum Gasteiger partial charge on any atom is -0.318 e. The van der Waals surface area contributed by atoms with Crippen molar-refractivity contribution in [2.24, 2.45) is 10.2 Å². The number of benzene rings is 1. The van der Waals surface area contributed by atoms with Crippen molar-refractivity contribution in [1.82, 2.24) is 5.32 Å². The van der Waals surface area contributed by atoms with Crippen LogP contribution in [0.1, 0.15) is 5.56 Å². The maximum Gasteiger partial charge on any atom is 0.271 e. The van der Waals surface area contributed by atoms with Crippen molar-refractivity contribution < 1.29 is 4.79 Å². The minimum atomic E-state index is -0.293. The van der Waals surface area contributed by atoms with Crippen LogP contribution in [0, 0.1) is 6.92 Å². The molecule has 18 heavy (non-hydrogen) atoms. The molecule has 0 aliphatic rings. The lowest BCUT2D eigenvalue weighted by Gasteiger charge is -2.03. The lowest BCUT2D eigenvalue weighted by Crippen LogP contribution is -2.37. The summed E-state index contributed by atoms with van der Waals surface area (Å²) in [6.07, 6.45) is 1.39. The van der Waals surface area contributed by atoms with E-state index in [1.54, 1.807) is 0 Å². The molecule has 0 bridgehead atoms. The Hall–Kier alpha value is -2.39. The number of carbonyl (C=O) groups excluding carboxylic acids is 1. The van der Waals surface area contributed by atoms with Gasteiger partial charge in [0.1, 0.15) is 0 Å². The smallest absolute Gasteiger partial charge is 0.271 e. The van der Waals surface area contributed by atoms with Gasteiger partial charge in [-0.2, -0.15) is 0 Å². The fraction of sp³-hybridized carbons (Fsp3) is 0.0769. The van der Waals surface area contributed by atoms with Gasteiger partial charge in [0.15, 0.2) is 11.6 Å². The van der Waals surface area contributed by atoms with Crippen molar-refractivity contribution >= 4 is 30.3 Å². The molecule has 0 aliphatic heterocycles. The molecule has 0 saturated heterocycles. The van der Waals surface area contributed by atoms with Gasteiger partial charge in [0.05, 0.1) is 0 Å². The first-order chi connectivity index (χ1) is 8.65. The average molecular weight is 238 g/mol. The van der Waals surface area contributed by atoms with Crippen molar-refractivity contribution in [2.75, 3.05) is 0 Å². The number of rotatable bonds is 4. The Labute approximate surface area is 107 Å². The number of hydrogen-bond donors (Lipinski definition) is 1. The monoisotopic (exact) mass is 238 g/mol. The Morgan fingerprint density at radius 3 is 2.94 bits per heavy atom. The van der Waals surface area contributed by atoms with Gasteiger partial charge < -0.3 is 5.32 Å². The van der Waals surface area contributed by atoms with Gasteiger partial charge in [-0.05, 0) is 19.6 Å². The van der Waals surface area contributed by atoms with Crippen LogP contribution in [0.3, 0.4) is 0 Å². The van der Waals surface area contributed by atoms with Gasteiger partial charge in [0.2, 0.25) is 0 Å². The van der Waals surface area contributed by atoms with E-state index in [4.69, 9.17) is 0 Å². The van der Waals surface area contributed by atoms with Crippen molar-refractivity contribution in [3.05, 3.63) is 49.1 Å². The Balaban J connectivity index is 2.66. The van der Waals surface area contributed by atoms with Gasteiger partial charge in [-0.25, -0.2) is 0 Å². The lowest BCUT2D eigenvalue weighted by molar-refractivity contribution is 0.263. The predicted octanol–water partition coefficient (Wildman–Crippen LogP) is 1.39. The third kappa shape index (κ3) is 4.64. The second-order valence-corrected chi connectivity index (χ2v) is 3.50. The van der Waals surface area contributed by atoms with Crippen LogP contribution in [0.25, 0.3) is 0 Å². The largest absolute Gasteiger partial charge is 0.318 e. The van der Waals surface area contributed by atoms with Gasteiger partial charge in [-0.15, -0.1) is 10.2 Å². The van der Waals surface area contributed by atoms with Crippen LogP contribution in [0.2, 0.25) is 0 Å². The minimum absolute atomic E-state index is 0.250. The molecule has 0 atom stereocenters. The van der Waals surface area contributed by atoms with Crippen LogP contribution >= 0.6 is 0 Å². The lowest BCUT2D eigenvalue weighted by atomic mass is 9.69. The molecule has 4 nitrogen and oxygen atoms in total. The highest BCUT2D eigenvalue weighted by atomic mass is 16.1. The first-order valence-electron chi connectivity index (χ1n) is 5.30. The summed E-state index contributed by atoms with van der Waals surface area (Å²) in [4.78, 5) is 11.7. The molecule has 5 heteroatoms. The second-order valence-electron chi connectivity index (χ2n) is 3.50. The number of nitrogens with one attached hydrogen (secondary N) is 1. The number of aryl methyl sites for hydroxylation is 1. The van der Waals surface area contributed by atoms with E-state index in [0.29, 0.717) is 0 Å². The highest BCUT2D eigenvalue weighted by Crippen LogP contribution is 1.92. The highest BCUT2D eigenvalue weighted by molar-refractivity contribution is 6.84. The molecule has 0 heterocycles. The molecule has 1 radical (unpaired) electrons. The van der Waals surface area contributed by atoms with Gasteiger partial charge in [-0.3, -0.25) is 4.79 Å². The molecule has 0 aliphatic carbocycles. The molecule has 1 rings (SSSR count). The standard InChI is InChI=1S/C13H13BN3O/c1-4-12(17-15-5-2)16-13(18)14-11-8-6-7-10(3)9-11/h4,6-9H,1-2H2,3H3,(H,16,17,18). The van der Waals surface area contributed by atoms with E-state index in [1.165, 1.54) is 13.4 Å². The quantitative estimate of drug-likeness (QED) is 0.366. The second kappa shape index (κ2) is 7.04. The van der Waals surface area contributed by atoms with Crippen LogP contribution in [-0.2, 0) is 0 Å². The number of amides is 1. The molecule has 0 aromatic heterocycles. The summed E-state index contributed by atoms with van der Waals surface area (Å²) in [5.41, 5.74) is 1.91. The van der Waals surface area contributed by atoms with E-state index >= 15 is 0 Å². The van der Waals surface area contributed by atoms with Gasteiger partial charge in [0, 0.05) is 5.87 Å². The molecule has 0 unspecified atom stereocenters. The maximum atomic E-state index is 11.7. The summed E-state index contributed by atoms with van der Waals surface area (Å²) in [5.74, 6) is 2.20. The number of amidine groups is 1. The molecule has 0 fully saturated rings. The summed E-state index contributed by atoms with van der Waals surface area (Å²) in [7, 11) is 1.48. The topological polar surface area (TPSA) is 53.8 Å². The third-order valence-electron chi connectivity index (χ3n) is 2.01. The van der Waals surface area contributed by atoms with Crippen LogP contribution < -0.4 is 10.8 Å². The molecule has 1 N–H and O–H groups in total. The first kappa shape index (κ1) is 13.7. The van der Waals surface area contributed by atoms with Crippen LogP contribution in [0.5, 0.6) is 0 Å². The predicted molar refractivity (Wildman–Crippen MR) is 75.8 cm³/mol. The Morgan fingerprint density at radius 2 is 2.33 bits per heavy atom. The maximum absolute atomic E-state index is 11.7. The van der Waals surface area contributed by atoms with E-state index in [-0.39, 0.29) is 11.6 Å². The Morgan fingerprint density at radius 1 is 1.56 bits per heavy atom. The first-order valence-corrected chi connectivity index (χ1v) is 5.30. The van der Waals surface area contributed by atoms with E-state index in [9.17, 15) is 4.79 Å². The summed E-state index contributed by atoms with van der Waals surface area (Å²) >= 11 is 0. The highest BCUT2D eigenvalue weighted by Gasteiger charge is 2.07. The van der Waals surface area contributed by atoms with Gasteiger partial charge >= 0.3 is 0 Å². The van der Waals surface area contributed by atoms with Crippen LogP contribution in [0.4, 0.5) is 4.79 Å². The van der Waals surface area contributed by atoms with Gasteiger partial charge in [-0.1, -0.05) is 41.9 Å². The molecule has 0 spiro atoms. The van der Waals surface area contributed by atoms with Crippen LogP contribution in [-0.4, -0.2) is 24.8 Å². The number of nitrogens with zero attached hydrogens (tertiary/aromatic N) is 2. The average Bonchev–Trinajstić information content (AvgIpc) is 2.34. The van der Waals surface area contributed by atoms with Crippen molar-refractivity contribution in [1.29, 1.82) is 0 Å². The molecule has 1 aromatic rings. The van der Waals surface area contributed by atoms with E-state index in [1.807, 2.05) is 31.2 Å². The SMILES string of the molecule is C=C=N/N=C(\C=C)NC(=O)[B]c1cccc(C)c1. The zero-order valence-corrected chi connectivity index (χ0v) is 10.2. The number of hydrogen-bond acceptors (Lipinski definition) is 3. The summed E-state index contributed by atoms with van der Waals surface area (Å²) < 4.78 is 0. The van der Waals surface area contributed by atoms with Crippen molar-refractivity contribution in [3.63, 3.8) is 0 Å². The summed E-state index contributed by atoms with van der Waals surface area (Å²) in [6, 6.07) is 7.61. The molecule has 1 aromatic carbocycles. The third-order valence-corrected chi connectivity index (χ3v) is 2.01. The van der Waals surface area contributed by atoms with E-state index in [0.717, 1.165) is 11.0 Å². The Kier molecular flexibility index (Phi) is 5.35. The normalized spacial score (nSPS) is 10.2.